The second-order valence-corrected chi connectivity index (χ2v) is 11.7. The van der Waals surface area contributed by atoms with Crippen LogP contribution in [-0.4, -0.2) is 17.0 Å². The minimum atomic E-state index is -0.725. The van der Waals surface area contributed by atoms with Gasteiger partial charge in [0.2, 0.25) is 0 Å². The van der Waals surface area contributed by atoms with Crippen molar-refractivity contribution in [3.63, 3.8) is 0 Å². The van der Waals surface area contributed by atoms with Crippen LogP contribution in [-0.2, 0) is 4.79 Å². The van der Waals surface area contributed by atoms with Gasteiger partial charge in [0.15, 0.2) is 5.78 Å². The number of aliphatic hydroxyl groups excluding tert-OH is 1. The Kier molecular flexibility index (Phi) is 31.6. The van der Waals surface area contributed by atoms with Gasteiger partial charge in [-0.1, -0.05) is 147 Å². The van der Waals surface area contributed by atoms with Gasteiger partial charge in [0.25, 0.3) is 0 Å². The van der Waals surface area contributed by atoms with Crippen molar-refractivity contribution in [2.24, 2.45) is 0 Å². The summed E-state index contributed by atoms with van der Waals surface area (Å²) in [7, 11) is 0. The Balaban J connectivity index is 3.37. The summed E-state index contributed by atoms with van der Waals surface area (Å²) in [4.78, 5) is 12.2. The molecular weight excluding hydrogens is 464 g/mol. The molecule has 1 N–H and O–H groups in total. The molecule has 0 aliphatic carbocycles. The van der Waals surface area contributed by atoms with Crippen LogP contribution in [0.2, 0.25) is 0 Å². The molecule has 224 valence electrons. The lowest BCUT2D eigenvalue weighted by Crippen LogP contribution is -2.19. The molecule has 0 amide bonds. The van der Waals surface area contributed by atoms with Crippen LogP contribution in [0.15, 0.2) is 24.3 Å². The summed E-state index contributed by atoms with van der Waals surface area (Å²) in [6.45, 7) is 4.54. The van der Waals surface area contributed by atoms with Gasteiger partial charge in [-0.05, 0) is 64.2 Å². The normalized spacial score (nSPS) is 12.7. The monoisotopic (exact) mass is 533 g/mol. The summed E-state index contributed by atoms with van der Waals surface area (Å²) < 4.78 is 0. The zero-order chi connectivity index (χ0) is 27.8. The maximum atomic E-state index is 12.2. The maximum absolute atomic E-state index is 12.2. The van der Waals surface area contributed by atoms with Crippen LogP contribution in [0.1, 0.15) is 194 Å². The van der Waals surface area contributed by atoms with Crippen LogP contribution in [0.5, 0.6) is 0 Å². The molecule has 0 bridgehead atoms. The zero-order valence-corrected chi connectivity index (χ0v) is 26.0. The van der Waals surface area contributed by atoms with E-state index in [1.165, 1.54) is 141 Å². The van der Waals surface area contributed by atoms with E-state index in [9.17, 15) is 9.90 Å². The number of carbonyl (C=O) groups excluding carboxylic acids is 1. The topological polar surface area (TPSA) is 37.3 Å². The van der Waals surface area contributed by atoms with Gasteiger partial charge in [-0.25, -0.2) is 0 Å². The van der Waals surface area contributed by atoms with E-state index in [-0.39, 0.29) is 5.78 Å². The highest BCUT2D eigenvalue weighted by Gasteiger charge is 2.13. The first-order valence-corrected chi connectivity index (χ1v) is 17.2. The van der Waals surface area contributed by atoms with Gasteiger partial charge in [0.1, 0.15) is 6.10 Å². The van der Waals surface area contributed by atoms with E-state index >= 15 is 0 Å². The number of Topliss-reactive ketones (excluding diaryl/α,β-unsaturated/α-hetero) is 1. The molecule has 0 aromatic rings. The Morgan fingerprint density at radius 2 is 0.789 bits per heavy atom. The minimum absolute atomic E-state index is 0.0677. The Hall–Kier alpha value is -0.890. The van der Waals surface area contributed by atoms with Crippen molar-refractivity contribution in [2.45, 2.75) is 200 Å². The first-order valence-electron chi connectivity index (χ1n) is 17.2. The van der Waals surface area contributed by atoms with E-state index in [4.69, 9.17) is 0 Å². The lowest BCUT2D eigenvalue weighted by atomic mass is 10.0. The van der Waals surface area contributed by atoms with Crippen LogP contribution in [0, 0.1) is 0 Å². The molecule has 0 fully saturated rings. The number of allylic oxidation sites excluding steroid dienone is 4. The smallest absolute Gasteiger partial charge is 0.161 e. The predicted molar refractivity (Wildman–Crippen MR) is 170 cm³/mol. The summed E-state index contributed by atoms with van der Waals surface area (Å²) in [6.07, 6.45) is 43.0. The zero-order valence-electron chi connectivity index (χ0n) is 26.0. The van der Waals surface area contributed by atoms with E-state index in [2.05, 4.69) is 38.2 Å². The second-order valence-electron chi connectivity index (χ2n) is 11.7. The highest BCUT2D eigenvalue weighted by molar-refractivity contribution is 5.82. The van der Waals surface area contributed by atoms with Gasteiger partial charge < -0.3 is 5.11 Å². The molecule has 0 heterocycles. The summed E-state index contributed by atoms with van der Waals surface area (Å²) in [5.74, 6) is 0.0677. The van der Waals surface area contributed by atoms with Gasteiger partial charge in [-0.15, -0.1) is 0 Å². The quantitative estimate of drug-likeness (QED) is 0.0712. The van der Waals surface area contributed by atoms with Crippen LogP contribution < -0.4 is 0 Å². The molecule has 0 aliphatic rings. The molecule has 2 nitrogen and oxygen atoms in total. The van der Waals surface area contributed by atoms with Gasteiger partial charge in [0.05, 0.1) is 0 Å². The van der Waals surface area contributed by atoms with Crippen molar-refractivity contribution in [3.8, 4) is 0 Å². The third kappa shape index (κ3) is 29.7. The van der Waals surface area contributed by atoms with Gasteiger partial charge in [0, 0.05) is 6.42 Å². The van der Waals surface area contributed by atoms with Gasteiger partial charge in [-0.3, -0.25) is 4.79 Å². The summed E-state index contributed by atoms with van der Waals surface area (Å²) >= 11 is 0. The number of rotatable bonds is 31. The number of ketones is 1. The van der Waals surface area contributed by atoms with Gasteiger partial charge >= 0.3 is 0 Å². The van der Waals surface area contributed by atoms with Crippen molar-refractivity contribution >= 4 is 5.78 Å². The first-order chi connectivity index (χ1) is 18.7. The van der Waals surface area contributed by atoms with Crippen LogP contribution in [0.4, 0.5) is 0 Å². The van der Waals surface area contributed by atoms with E-state index in [0.717, 1.165) is 25.7 Å². The largest absolute Gasteiger partial charge is 0.385 e. The van der Waals surface area contributed by atoms with E-state index in [0.29, 0.717) is 12.8 Å². The average molecular weight is 533 g/mol. The Bertz CT molecular complexity index is 521. The average Bonchev–Trinajstić information content (AvgIpc) is 2.92. The minimum Gasteiger partial charge on any atom is -0.385 e. The van der Waals surface area contributed by atoms with Crippen molar-refractivity contribution in [3.05, 3.63) is 24.3 Å². The summed E-state index contributed by atoms with van der Waals surface area (Å²) in [5.41, 5.74) is 0. The molecule has 1 atom stereocenters. The number of hydrogen-bond acceptors (Lipinski definition) is 2. The van der Waals surface area contributed by atoms with Gasteiger partial charge in [-0.2, -0.15) is 0 Å². The fraction of sp³-hybridized carbons (Fsp3) is 0.861. The predicted octanol–water partition coefficient (Wildman–Crippen LogP) is 12.0. The molecule has 0 saturated heterocycles. The Morgan fingerprint density at radius 1 is 0.474 bits per heavy atom. The Morgan fingerprint density at radius 3 is 1.18 bits per heavy atom. The molecule has 0 spiro atoms. The summed E-state index contributed by atoms with van der Waals surface area (Å²) in [6, 6.07) is 0. The number of hydrogen-bond donors (Lipinski definition) is 1. The van der Waals surface area contributed by atoms with Crippen LogP contribution in [0.3, 0.4) is 0 Å². The standard InChI is InChI=1S/C36H68O2/c1-3-5-7-9-11-13-15-17-19-21-23-25-27-29-31-33-35(37)36(38)34-32-30-28-26-24-22-20-18-16-14-12-10-8-6-4-2/h17-20,35,37H,3-16,21-34H2,1-2H3. The van der Waals surface area contributed by atoms with Crippen molar-refractivity contribution < 1.29 is 9.90 Å². The van der Waals surface area contributed by atoms with Crippen LogP contribution in [0.25, 0.3) is 0 Å². The molecule has 0 saturated carbocycles. The number of carbonyl (C=O) groups is 1. The number of unbranched alkanes of at least 4 members (excludes halogenated alkanes) is 22. The molecule has 1 unspecified atom stereocenters. The second kappa shape index (κ2) is 32.3. The highest BCUT2D eigenvalue weighted by Crippen LogP contribution is 2.14. The molecule has 0 rings (SSSR count). The molecular formula is C36H68O2. The summed E-state index contributed by atoms with van der Waals surface area (Å²) in [5, 5.41) is 10.2. The number of aliphatic hydroxyl groups is 1. The van der Waals surface area contributed by atoms with Crippen LogP contribution >= 0.6 is 0 Å². The van der Waals surface area contributed by atoms with Crippen molar-refractivity contribution in [1.82, 2.24) is 0 Å². The Labute approximate surface area is 239 Å². The fourth-order valence-corrected chi connectivity index (χ4v) is 5.11. The van der Waals surface area contributed by atoms with E-state index in [1.54, 1.807) is 0 Å². The lowest BCUT2D eigenvalue weighted by Gasteiger charge is -2.09. The fourth-order valence-electron chi connectivity index (χ4n) is 5.11. The molecule has 2 heteroatoms. The molecule has 0 radical (unpaired) electrons. The highest BCUT2D eigenvalue weighted by atomic mass is 16.3. The first kappa shape index (κ1) is 37.1. The van der Waals surface area contributed by atoms with E-state index in [1.807, 2.05) is 0 Å². The lowest BCUT2D eigenvalue weighted by molar-refractivity contribution is -0.127. The van der Waals surface area contributed by atoms with Crippen molar-refractivity contribution in [1.29, 1.82) is 0 Å². The molecule has 0 aliphatic heterocycles. The SMILES string of the molecule is CCCCCCCCC=CCCCCCCCC(=O)C(O)CCCCCCCC=CCCCCCCCC. The third-order valence-electron chi connectivity index (χ3n) is 7.80. The maximum Gasteiger partial charge on any atom is 0.161 e. The van der Waals surface area contributed by atoms with Crippen molar-refractivity contribution in [2.75, 3.05) is 0 Å². The molecule has 0 aromatic heterocycles. The third-order valence-corrected chi connectivity index (χ3v) is 7.80. The van der Waals surface area contributed by atoms with E-state index < -0.39 is 6.10 Å². The molecule has 0 aromatic carbocycles. The molecule has 38 heavy (non-hydrogen) atoms.